The number of benzene rings is 3. The summed E-state index contributed by atoms with van der Waals surface area (Å²) in [5.41, 5.74) is 3.17. The summed E-state index contributed by atoms with van der Waals surface area (Å²) in [4.78, 5) is 8.71. The van der Waals surface area contributed by atoms with Crippen molar-refractivity contribution in [2.45, 2.75) is 6.54 Å². The Labute approximate surface area is 199 Å². The predicted molar refractivity (Wildman–Crippen MR) is 126 cm³/mol. The maximum absolute atomic E-state index is 14.7. The second-order valence-corrected chi connectivity index (χ2v) is 7.92. The Kier molecular flexibility index (Phi) is 5.86. The highest BCUT2D eigenvalue weighted by molar-refractivity contribution is 5.72. The summed E-state index contributed by atoms with van der Waals surface area (Å²) in [6, 6.07) is 16.1. The van der Waals surface area contributed by atoms with Crippen LogP contribution in [0.1, 0.15) is 5.56 Å². The summed E-state index contributed by atoms with van der Waals surface area (Å²) in [5.74, 6) is -1.45. The fourth-order valence-electron chi connectivity index (χ4n) is 3.95. The number of hydrogen-bond acceptors (Lipinski definition) is 4. The minimum absolute atomic E-state index is 0.0181. The van der Waals surface area contributed by atoms with Gasteiger partial charge in [0.2, 0.25) is 0 Å². The first-order chi connectivity index (χ1) is 17.0. The maximum Gasteiger partial charge on any atom is 0.169 e. The second-order valence-electron chi connectivity index (χ2n) is 7.92. The fraction of sp³-hybridized carbons (Fsp3) is 0.111. The Morgan fingerprint density at radius 1 is 0.829 bits per heavy atom. The SMILES string of the molecule is COc1cc(F)c(-c2ccc(Cn3ccc4nc(-c5cccc(F)c5F)nc-4c3)cc2)c(OC)c1. The predicted octanol–water partition coefficient (Wildman–Crippen LogP) is 6.20. The maximum atomic E-state index is 14.7. The number of fused-ring (bicyclic) bond motifs is 1. The molecule has 0 saturated carbocycles. The number of rotatable bonds is 6. The topological polar surface area (TPSA) is 49.2 Å². The van der Waals surface area contributed by atoms with Gasteiger partial charge >= 0.3 is 0 Å². The molecule has 0 saturated heterocycles. The van der Waals surface area contributed by atoms with Crippen molar-refractivity contribution in [2.75, 3.05) is 14.2 Å². The lowest BCUT2D eigenvalue weighted by Crippen LogP contribution is -2.01. The van der Waals surface area contributed by atoms with Crippen molar-refractivity contribution in [1.82, 2.24) is 14.5 Å². The molecule has 2 heterocycles. The minimum atomic E-state index is -0.972. The zero-order valence-electron chi connectivity index (χ0n) is 18.9. The Morgan fingerprint density at radius 3 is 2.34 bits per heavy atom. The number of pyridine rings is 1. The van der Waals surface area contributed by atoms with Crippen LogP contribution in [0.4, 0.5) is 13.2 Å². The van der Waals surface area contributed by atoms with Crippen LogP contribution < -0.4 is 9.47 Å². The number of hydrogen-bond donors (Lipinski definition) is 0. The van der Waals surface area contributed by atoms with Gasteiger partial charge in [-0.2, -0.15) is 0 Å². The van der Waals surface area contributed by atoms with E-state index in [1.54, 1.807) is 18.3 Å². The zero-order chi connectivity index (χ0) is 24.5. The molecule has 0 radical (unpaired) electrons. The van der Waals surface area contributed by atoms with Gasteiger partial charge in [0.1, 0.15) is 23.0 Å². The van der Waals surface area contributed by atoms with Gasteiger partial charge in [-0.05, 0) is 29.3 Å². The van der Waals surface area contributed by atoms with E-state index in [2.05, 4.69) is 9.97 Å². The fourth-order valence-corrected chi connectivity index (χ4v) is 3.95. The smallest absolute Gasteiger partial charge is 0.169 e. The molecule has 3 aromatic rings. The molecule has 35 heavy (non-hydrogen) atoms. The van der Waals surface area contributed by atoms with Gasteiger partial charge < -0.3 is 14.0 Å². The second kappa shape index (κ2) is 9.13. The number of aromatic nitrogens is 3. The monoisotopic (exact) mass is 475 g/mol. The van der Waals surface area contributed by atoms with Crippen molar-refractivity contribution in [3.8, 4) is 45.4 Å². The van der Waals surface area contributed by atoms with Crippen molar-refractivity contribution in [2.24, 2.45) is 0 Å². The van der Waals surface area contributed by atoms with Crippen LogP contribution in [0.2, 0.25) is 0 Å². The van der Waals surface area contributed by atoms with Crippen molar-refractivity contribution < 1.29 is 22.6 Å². The van der Waals surface area contributed by atoms with Gasteiger partial charge in [-0.25, -0.2) is 23.1 Å². The van der Waals surface area contributed by atoms with Gasteiger partial charge in [0, 0.05) is 31.1 Å². The molecule has 0 bridgehead atoms. The Balaban J connectivity index is 1.40. The summed E-state index contributed by atoms with van der Waals surface area (Å²) < 4.78 is 54.8. The van der Waals surface area contributed by atoms with Crippen LogP contribution in [0.15, 0.2) is 73.1 Å². The van der Waals surface area contributed by atoms with E-state index in [-0.39, 0.29) is 11.4 Å². The average Bonchev–Trinajstić information content (AvgIpc) is 3.29. The van der Waals surface area contributed by atoms with Gasteiger partial charge in [0.15, 0.2) is 17.5 Å². The van der Waals surface area contributed by atoms with E-state index in [9.17, 15) is 13.2 Å². The largest absolute Gasteiger partial charge is 0.497 e. The molecular formula is C27H20F3N3O2. The van der Waals surface area contributed by atoms with Crippen LogP contribution in [-0.4, -0.2) is 28.8 Å². The molecule has 0 spiro atoms. The van der Waals surface area contributed by atoms with Crippen molar-refractivity contribution >= 4 is 0 Å². The normalized spacial score (nSPS) is 11.1. The minimum Gasteiger partial charge on any atom is -0.497 e. The standard InChI is InChI=1S/C27H20F3N3O2/c1-34-18-12-21(29)25(24(13-18)35-2)17-8-6-16(7-9-17)14-33-11-10-22-23(15-33)32-27(31-22)19-4-3-5-20(28)26(19)30/h3-13,15H,14H2,1-2H3. The molecule has 3 aromatic carbocycles. The van der Waals surface area contributed by atoms with Crippen LogP contribution in [0, 0.1) is 17.5 Å². The quantitative estimate of drug-likeness (QED) is 0.293. The molecule has 176 valence electrons. The van der Waals surface area contributed by atoms with E-state index in [0.717, 1.165) is 11.6 Å². The third-order valence-corrected chi connectivity index (χ3v) is 5.71. The highest BCUT2D eigenvalue weighted by atomic mass is 19.2. The molecule has 8 heteroatoms. The molecule has 0 atom stereocenters. The van der Waals surface area contributed by atoms with Crippen LogP contribution in [0.25, 0.3) is 33.9 Å². The van der Waals surface area contributed by atoms with E-state index in [1.807, 2.05) is 35.0 Å². The molecular weight excluding hydrogens is 455 g/mol. The van der Waals surface area contributed by atoms with Crippen molar-refractivity contribution in [3.63, 3.8) is 0 Å². The Morgan fingerprint density at radius 2 is 1.60 bits per heavy atom. The van der Waals surface area contributed by atoms with E-state index in [4.69, 9.17) is 9.47 Å². The van der Waals surface area contributed by atoms with Crippen molar-refractivity contribution in [3.05, 3.63) is 96.1 Å². The molecule has 0 N–H and O–H groups in total. The molecule has 5 rings (SSSR count). The molecule has 0 aromatic heterocycles. The van der Waals surface area contributed by atoms with Gasteiger partial charge in [0.25, 0.3) is 0 Å². The summed E-state index contributed by atoms with van der Waals surface area (Å²) in [5, 5.41) is 0. The molecule has 0 aliphatic carbocycles. The lowest BCUT2D eigenvalue weighted by atomic mass is 10.0. The first-order valence-electron chi connectivity index (χ1n) is 10.8. The first-order valence-corrected chi connectivity index (χ1v) is 10.8. The number of methoxy groups -OCH3 is 2. The van der Waals surface area contributed by atoms with Gasteiger partial charge in [-0.1, -0.05) is 30.3 Å². The molecule has 0 fully saturated rings. The van der Waals surface area contributed by atoms with Crippen LogP contribution in [0.3, 0.4) is 0 Å². The molecule has 2 aliphatic heterocycles. The summed E-state index contributed by atoms with van der Waals surface area (Å²) in [6.07, 6.45) is 3.63. The number of imidazole rings is 1. The van der Waals surface area contributed by atoms with Gasteiger partial charge in [-0.15, -0.1) is 0 Å². The Hall–Kier alpha value is -4.33. The number of halogens is 3. The van der Waals surface area contributed by atoms with Gasteiger partial charge in [-0.3, -0.25) is 0 Å². The Bertz CT molecular complexity index is 1480. The highest BCUT2D eigenvalue weighted by Gasteiger charge is 2.18. The molecule has 0 unspecified atom stereocenters. The molecule has 2 aliphatic rings. The number of nitrogens with zero attached hydrogens (tertiary/aromatic N) is 3. The molecule has 5 nitrogen and oxygen atoms in total. The van der Waals surface area contributed by atoms with Crippen LogP contribution in [-0.2, 0) is 6.54 Å². The van der Waals surface area contributed by atoms with E-state index in [0.29, 0.717) is 40.6 Å². The molecule has 0 amide bonds. The van der Waals surface area contributed by atoms with E-state index < -0.39 is 17.5 Å². The lowest BCUT2D eigenvalue weighted by Gasteiger charge is -2.13. The van der Waals surface area contributed by atoms with Crippen LogP contribution >= 0.6 is 0 Å². The average molecular weight is 475 g/mol. The summed E-state index contributed by atoms with van der Waals surface area (Å²) >= 11 is 0. The van der Waals surface area contributed by atoms with E-state index >= 15 is 0 Å². The van der Waals surface area contributed by atoms with Gasteiger partial charge in [0.05, 0.1) is 31.0 Å². The summed E-state index contributed by atoms with van der Waals surface area (Å²) in [6.45, 7) is 0.523. The highest BCUT2D eigenvalue weighted by Crippen LogP contribution is 2.36. The number of ether oxygens (including phenoxy) is 2. The van der Waals surface area contributed by atoms with Crippen molar-refractivity contribution in [1.29, 1.82) is 0 Å². The summed E-state index contributed by atoms with van der Waals surface area (Å²) in [7, 11) is 2.96. The third kappa shape index (κ3) is 4.30. The lowest BCUT2D eigenvalue weighted by molar-refractivity contribution is 0.390. The van der Waals surface area contributed by atoms with Crippen LogP contribution in [0.5, 0.6) is 11.5 Å². The third-order valence-electron chi connectivity index (χ3n) is 5.71. The zero-order valence-corrected chi connectivity index (χ0v) is 18.9. The van der Waals surface area contributed by atoms with E-state index in [1.165, 1.54) is 32.4 Å². The first kappa shape index (κ1) is 22.5.